The van der Waals surface area contributed by atoms with Gasteiger partial charge < -0.3 is 0 Å². The Labute approximate surface area is 116 Å². The highest BCUT2D eigenvalue weighted by Gasteiger charge is 2.11. The summed E-state index contributed by atoms with van der Waals surface area (Å²) in [5, 5.41) is 0. The molecule has 1 rings (SSSR count). The largest absolute Gasteiger partial charge is 0.240 e. The maximum Gasteiger partial charge on any atom is 0.240 e. The lowest BCUT2D eigenvalue weighted by Crippen LogP contribution is -2.23. The number of rotatable bonds is 6. The Morgan fingerprint density at radius 2 is 1.79 bits per heavy atom. The molecule has 0 bridgehead atoms. The number of aryl methyl sites for hydroxylation is 1. The number of sulfonamides is 1. The highest BCUT2D eigenvalue weighted by molar-refractivity contribution is 7.89. The van der Waals surface area contributed by atoms with Crippen molar-refractivity contribution < 1.29 is 8.42 Å². The molecule has 0 atom stereocenters. The molecule has 3 nitrogen and oxygen atoms in total. The van der Waals surface area contributed by atoms with Gasteiger partial charge in [-0.1, -0.05) is 31.5 Å². The van der Waals surface area contributed by atoms with Crippen molar-refractivity contribution in [1.29, 1.82) is 0 Å². The van der Waals surface area contributed by atoms with Gasteiger partial charge in [0.2, 0.25) is 10.0 Å². The van der Waals surface area contributed by atoms with Gasteiger partial charge in [0.25, 0.3) is 0 Å². The molecule has 4 heteroatoms. The van der Waals surface area contributed by atoms with Crippen LogP contribution < -0.4 is 4.72 Å². The second-order valence-electron chi connectivity index (χ2n) is 4.32. The van der Waals surface area contributed by atoms with E-state index in [1.807, 2.05) is 6.92 Å². The zero-order chi connectivity index (χ0) is 14.3. The van der Waals surface area contributed by atoms with E-state index in [1.165, 1.54) is 5.57 Å². The Morgan fingerprint density at radius 3 is 2.32 bits per heavy atom. The second kappa shape index (κ2) is 7.29. The van der Waals surface area contributed by atoms with Crippen LogP contribution in [0, 0.1) is 6.92 Å². The van der Waals surface area contributed by atoms with Crippen LogP contribution in [-0.4, -0.2) is 15.0 Å². The topological polar surface area (TPSA) is 46.2 Å². The van der Waals surface area contributed by atoms with Crippen molar-refractivity contribution >= 4 is 10.0 Å². The van der Waals surface area contributed by atoms with E-state index in [-0.39, 0.29) is 6.54 Å². The zero-order valence-corrected chi connectivity index (χ0v) is 12.5. The number of nitrogens with one attached hydrogen (secondary N) is 1. The van der Waals surface area contributed by atoms with Crippen molar-refractivity contribution in [3.05, 3.63) is 47.2 Å². The summed E-state index contributed by atoms with van der Waals surface area (Å²) in [5.41, 5.74) is 5.35. The first kappa shape index (κ1) is 15.7. The second-order valence-corrected chi connectivity index (χ2v) is 6.09. The molecule has 0 aliphatic heterocycles. The fourth-order valence-electron chi connectivity index (χ4n) is 1.60. The van der Waals surface area contributed by atoms with Gasteiger partial charge in [-0.05, 0) is 43.5 Å². The molecule has 0 amide bonds. The smallest absolute Gasteiger partial charge is 0.207 e. The predicted molar refractivity (Wildman–Crippen MR) is 78.5 cm³/mol. The maximum absolute atomic E-state index is 12.0. The van der Waals surface area contributed by atoms with Gasteiger partial charge in [0, 0.05) is 6.54 Å². The van der Waals surface area contributed by atoms with E-state index in [1.54, 1.807) is 30.3 Å². The molecule has 0 radical (unpaired) electrons. The lowest BCUT2D eigenvalue weighted by Gasteiger charge is -2.04. The van der Waals surface area contributed by atoms with E-state index in [9.17, 15) is 8.42 Å². The van der Waals surface area contributed by atoms with Crippen molar-refractivity contribution in [3.63, 3.8) is 0 Å². The molecule has 0 aliphatic carbocycles. The molecule has 0 saturated carbocycles. The first-order valence-electron chi connectivity index (χ1n) is 6.48. The third-order valence-electron chi connectivity index (χ3n) is 2.87. The van der Waals surface area contributed by atoms with Gasteiger partial charge in [-0.2, -0.15) is 0 Å². The number of hydrogen-bond donors (Lipinski definition) is 1. The van der Waals surface area contributed by atoms with Crippen molar-refractivity contribution in [2.45, 2.75) is 38.5 Å². The van der Waals surface area contributed by atoms with Crippen molar-refractivity contribution in [2.75, 3.05) is 6.54 Å². The lowest BCUT2D eigenvalue weighted by atomic mass is 10.2. The molecule has 19 heavy (non-hydrogen) atoms. The Morgan fingerprint density at radius 1 is 1.21 bits per heavy atom. The maximum atomic E-state index is 12.0. The van der Waals surface area contributed by atoms with Crippen LogP contribution in [0.2, 0.25) is 0 Å². The van der Waals surface area contributed by atoms with Gasteiger partial charge in [0.1, 0.15) is 0 Å². The Kier molecular flexibility index (Phi) is 6.03. The van der Waals surface area contributed by atoms with E-state index in [0.717, 1.165) is 18.4 Å². The minimum Gasteiger partial charge on any atom is -0.207 e. The summed E-state index contributed by atoms with van der Waals surface area (Å²) in [4.78, 5) is 0.293. The van der Waals surface area contributed by atoms with Gasteiger partial charge in [-0.15, -0.1) is 5.73 Å². The molecular formula is C15H21NO2S. The zero-order valence-electron chi connectivity index (χ0n) is 11.7. The van der Waals surface area contributed by atoms with Crippen LogP contribution in [0.25, 0.3) is 0 Å². The van der Waals surface area contributed by atoms with Gasteiger partial charge in [-0.25, -0.2) is 13.1 Å². The molecule has 1 aromatic carbocycles. The van der Waals surface area contributed by atoms with Crippen LogP contribution in [0.5, 0.6) is 0 Å². The average molecular weight is 279 g/mol. The Hall–Kier alpha value is -1.35. The van der Waals surface area contributed by atoms with E-state index >= 15 is 0 Å². The van der Waals surface area contributed by atoms with Crippen LogP contribution in [0.15, 0.2) is 46.5 Å². The number of hydrogen-bond acceptors (Lipinski definition) is 2. The fraction of sp³-hybridized carbons (Fsp3) is 0.400. The first-order valence-corrected chi connectivity index (χ1v) is 7.97. The molecule has 0 aromatic heterocycles. The summed E-state index contributed by atoms with van der Waals surface area (Å²) in [7, 11) is -3.42. The van der Waals surface area contributed by atoms with Crippen LogP contribution in [0.3, 0.4) is 0 Å². The normalized spacial score (nSPS) is 10.9. The average Bonchev–Trinajstić information content (AvgIpc) is 2.39. The summed E-state index contributed by atoms with van der Waals surface area (Å²) in [6.07, 6.45) is 3.61. The molecule has 0 saturated heterocycles. The molecule has 1 N–H and O–H groups in total. The first-order chi connectivity index (χ1) is 8.99. The Bertz CT molecular complexity index is 559. The van der Waals surface area contributed by atoms with E-state index in [4.69, 9.17) is 0 Å². The van der Waals surface area contributed by atoms with Crippen molar-refractivity contribution in [2.24, 2.45) is 0 Å². The lowest BCUT2D eigenvalue weighted by molar-refractivity contribution is 0.585. The summed E-state index contributed by atoms with van der Waals surface area (Å²) in [5.74, 6) is 0. The third kappa shape index (κ3) is 5.03. The standard InChI is InChI=1S/C15H21NO2S/c1-4-14(5-2)7-6-12-16-19(17,18)15-10-8-13(3)9-11-15/h6,8-11,16H,4-5,12H2,1-3H3. The highest BCUT2D eigenvalue weighted by atomic mass is 32.2. The summed E-state index contributed by atoms with van der Waals surface area (Å²) < 4.78 is 26.5. The molecule has 0 heterocycles. The van der Waals surface area contributed by atoms with Crippen LogP contribution >= 0.6 is 0 Å². The van der Waals surface area contributed by atoms with Gasteiger partial charge >= 0.3 is 0 Å². The highest BCUT2D eigenvalue weighted by Crippen LogP contribution is 2.09. The SMILES string of the molecule is CCC(=C=CCNS(=O)(=O)c1ccc(C)cc1)CC. The molecule has 104 valence electrons. The fourth-order valence-corrected chi connectivity index (χ4v) is 2.57. The summed E-state index contributed by atoms with van der Waals surface area (Å²) in [6.45, 7) is 6.32. The third-order valence-corrected chi connectivity index (χ3v) is 4.31. The van der Waals surface area contributed by atoms with Gasteiger partial charge in [0.05, 0.1) is 4.90 Å². The minimum atomic E-state index is -3.42. The molecule has 0 fully saturated rings. The van der Waals surface area contributed by atoms with E-state index in [2.05, 4.69) is 24.3 Å². The molecule has 1 aromatic rings. The summed E-state index contributed by atoms with van der Waals surface area (Å²) in [6, 6.07) is 6.80. The number of benzene rings is 1. The quantitative estimate of drug-likeness (QED) is 0.813. The minimum absolute atomic E-state index is 0.264. The monoisotopic (exact) mass is 279 g/mol. The molecule has 0 unspecified atom stereocenters. The molecule has 0 aliphatic rings. The van der Waals surface area contributed by atoms with Crippen LogP contribution in [-0.2, 0) is 10.0 Å². The van der Waals surface area contributed by atoms with Crippen LogP contribution in [0.1, 0.15) is 32.3 Å². The Balaban J connectivity index is 2.71. The molecular weight excluding hydrogens is 258 g/mol. The van der Waals surface area contributed by atoms with E-state index < -0.39 is 10.0 Å². The van der Waals surface area contributed by atoms with Crippen molar-refractivity contribution in [3.8, 4) is 0 Å². The predicted octanol–water partition coefficient (Wildman–Crippen LogP) is 3.17. The van der Waals surface area contributed by atoms with E-state index in [0.29, 0.717) is 4.90 Å². The van der Waals surface area contributed by atoms with Gasteiger partial charge in [-0.3, -0.25) is 0 Å². The molecule has 0 spiro atoms. The van der Waals surface area contributed by atoms with Crippen LogP contribution in [0.4, 0.5) is 0 Å². The summed E-state index contributed by atoms with van der Waals surface area (Å²) >= 11 is 0. The van der Waals surface area contributed by atoms with Gasteiger partial charge in [0.15, 0.2) is 0 Å². The van der Waals surface area contributed by atoms with Crippen molar-refractivity contribution in [1.82, 2.24) is 4.72 Å².